The molecule has 3 amide bonds. The molecule has 0 spiro atoms. The van der Waals surface area contributed by atoms with E-state index in [1.54, 1.807) is 42.5 Å². The minimum atomic E-state index is -1.04. The number of benzene rings is 3. The Morgan fingerprint density at radius 1 is 0.892 bits per heavy atom. The molecule has 11 heteroatoms. The van der Waals surface area contributed by atoms with Crippen LogP contribution in [-0.4, -0.2) is 44.3 Å². The topological polar surface area (TPSA) is 127 Å². The van der Waals surface area contributed by atoms with E-state index in [1.165, 1.54) is 25.5 Å². The highest BCUT2D eigenvalue weighted by atomic mass is 19.1. The van der Waals surface area contributed by atoms with Gasteiger partial charge in [-0.2, -0.15) is 5.10 Å². The second kappa shape index (κ2) is 13.2. The fourth-order valence-electron chi connectivity index (χ4n) is 3.02. The van der Waals surface area contributed by atoms with Gasteiger partial charge in [0.2, 0.25) is 0 Å². The molecule has 3 aromatic carbocycles. The number of carbonyl (C=O) groups excluding carboxylic acids is 3. The van der Waals surface area contributed by atoms with Gasteiger partial charge in [0, 0.05) is 16.9 Å². The molecule has 0 radical (unpaired) electrons. The van der Waals surface area contributed by atoms with Crippen LogP contribution < -0.4 is 30.3 Å². The maximum Gasteiger partial charge on any atom is 0.329 e. The first-order valence-corrected chi connectivity index (χ1v) is 11.1. The van der Waals surface area contributed by atoms with Crippen LogP contribution in [0.2, 0.25) is 0 Å². The zero-order valence-corrected chi connectivity index (χ0v) is 20.1. The molecule has 0 heterocycles. The normalized spacial score (nSPS) is 10.5. The highest BCUT2D eigenvalue weighted by molar-refractivity contribution is 6.39. The molecular weight excluding hydrogens is 483 g/mol. The minimum absolute atomic E-state index is 0.209. The fraction of sp³-hybridized carbons (Fsp3) is 0.154. The highest BCUT2D eigenvalue weighted by Gasteiger charge is 2.15. The summed E-state index contributed by atoms with van der Waals surface area (Å²) in [6, 6.07) is 16.7. The Hall–Kier alpha value is -4.93. The van der Waals surface area contributed by atoms with E-state index in [4.69, 9.17) is 14.2 Å². The Balaban J connectivity index is 1.59. The third kappa shape index (κ3) is 8.06. The van der Waals surface area contributed by atoms with Crippen molar-refractivity contribution in [2.45, 2.75) is 6.92 Å². The number of hydrazone groups is 1. The summed E-state index contributed by atoms with van der Waals surface area (Å²) in [5.74, 6) is -1.69. The van der Waals surface area contributed by atoms with Gasteiger partial charge in [-0.3, -0.25) is 14.4 Å². The molecule has 3 aromatic rings. The summed E-state index contributed by atoms with van der Waals surface area (Å²) in [7, 11) is 1.44. The molecule has 0 aliphatic rings. The van der Waals surface area contributed by atoms with Crippen LogP contribution in [0.1, 0.15) is 12.5 Å². The van der Waals surface area contributed by atoms with Gasteiger partial charge in [0.25, 0.3) is 5.91 Å². The monoisotopic (exact) mass is 508 g/mol. The van der Waals surface area contributed by atoms with Crippen molar-refractivity contribution in [1.29, 1.82) is 0 Å². The summed E-state index contributed by atoms with van der Waals surface area (Å²) >= 11 is 0. The first kappa shape index (κ1) is 26.7. The van der Waals surface area contributed by atoms with Crippen LogP contribution in [0.4, 0.5) is 15.8 Å². The van der Waals surface area contributed by atoms with Crippen molar-refractivity contribution in [3.63, 3.8) is 0 Å². The van der Waals surface area contributed by atoms with Crippen LogP contribution in [0.3, 0.4) is 0 Å². The SMILES string of the molecule is CCOc1ccc(NC(=O)COc2c(/C=N\NC(=O)C(=O)Nc3ccc(F)cc3)cccc2OC)cc1. The quantitative estimate of drug-likeness (QED) is 0.219. The van der Waals surface area contributed by atoms with Crippen molar-refractivity contribution in [1.82, 2.24) is 5.43 Å². The second-order valence-electron chi connectivity index (χ2n) is 7.33. The third-order valence-electron chi connectivity index (χ3n) is 4.70. The lowest BCUT2D eigenvalue weighted by atomic mass is 10.2. The van der Waals surface area contributed by atoms with E-state index in [-0.39, 0.29) is 18.0 Å². The molecular formula is C26H25FN4O6. The van der Waals surface area contributed by atoms with E-state index in [1.807, 2.05) is 6.92 Å². The number of nitrogens with zero attached hydrogens (tertiary/aromatic N) is 1. The van der Waals surface area contributed by atoms with Gasteiger partial charge in [-0.15, -0.1) is 0 Å². The lowest BCUT2D eigenvalue weighted by Crippen LogP contribution is -2.32. The van der Waals surface area contributed by atoms with Crippen molar-refractivity contribution < 1.29 is 33.0 Å². The van der Waals surface area contributed by atoms with Gasteiger partial charge >= 0.3 is 11.8 Å². The van der Waals surface area contributed by atoms with E-state index >= 15 is 0 Å². The molecule has 0 aliphatic heterocycles. The number of hydrogen-bond acceptors (Lipinski definition) is 7. The average Bonchev–Trinajstić information content (AvgIpc) is 2.90. The third-order valence-corrected chi connectivity index (χ3v) is 4.70. The molecule has 0 atom stereocenters. The number of methoxy groups -OCH3 is 1. The molecule has 10 nitrogen and oxygen atoms in total. The van der Waals surface area contributed by atoms with Crippen LogP contribution in [0.25, 0.3) is 0 Å². The number of amides is 3. The molecule has 0 bridgehead atoms. The van der Waals surface area contributed by atoms with Crippen LogP contribution in [0.15, 0.2) is 71.8 Å². The van der Waals surface area contributed by atoms with Crippen molar-refractivity contribution >= 4 is 35.3 Å². The molecule has 0 aromatic heterocycles. The second-order valence-corrected chi connectivity index (χ2v) is 7.33. The van der Waals surface area contributed by atoms with Crippen molar-refractivity contribution in [2.24, 2.45) is 5.10 Å². The summed E-state index contributed by atoms with van der Waals surface area (Å²) < 4.78 is 29.3. The Kier molecular flexibility index (Phi) is 9.54. The van der Waals surface area contributed by atoms with Gasteiger partial charge < -0.3 is 24.8 Å². The standard InChI is InChI=1S/C26H25FN4O6/c1-3-36-21-13-11-19(12-14-21)29-23(32)16-37-24-17(5-4-6-22(24)35-2)15-28-31-26(34)25(33)30-20-9-7-18(27)8-10-20/h4-15H,3,16H2,1-2H3,(H,29,32)(H,30,33)(H,31,34)/b28-15-. The number of hydrogen-bond donors (Lipinski definition) is 3. The van der Waals surface area contributed by atoms with Crippen LogP contribution >= 0.6 is 0 Å². The lowest BCUT2D eigenvalue weighted by Gasteiger charge is -2.13. The molecule has 0 saturated carbocycles. The van der Waals surface area contributed by atoms with Gasteiger partial charge in [0.05, 0.1) is 19.9 Å². The number of ether oxygens (including phenoxy) is 3. The minimum Gasteiger partial charge on any atom is -0.494 e. The Morgan fingerprint density at radius 3 is 2.24 bits per heavy atom. The number of para-hydroxylation sites is 1. The van der Waals surface area contributed by atoms with Crippen LogP contribution in [0, 0.1) is 5.82 Å². The van der Waals surface area contributed by atoms with Crippen molar-refractivity contribution in [3.8, 4) is 17.2 Å². The Morgan fingerprint density at radius 2 is 1.57 bits per heavy atom. The van der Waals surface area contributed by atoms with E-state index < -0.39 is 23.5 Å². The number of nitrogens with one attached hydrogen (secondary N) is 3. The van der Waals surface area contributed by atoms with E-state index in [9.17, 15) is 18.8 Å². The van der Waals surface area contributed by atoms with Gasteiger partial charge in [-0.25, -0.2) is 9.82 Å². The maximum absolute atomic E-state index is 13.0. The van der Waals surface area contributed by atoms with E-state index in [0.29, 0.717) is 29.4 Å². The molecule has 3 rings (SSSR count). The van der Waals surface area contributed by atoms with Gasteiger partial charge in [-0.05, 0) is 67.6 Å². The molecule has 0 saturated heterocycles. The Labute approximate surface area is 212 Å². The first-order chi connectivity index (χ1) is 17.9. The molecule has 37 heavy (non-hydrogen) atoms. The summed E-state index contributed by atoms with van der Waals surface area (Å²) in [4.78, 5) is 36.4. The Bertz CT molecular complexity index is 1260. The van der Waals surface area contributed by atoms with Gasteiger partial charge in [0.1, 0.15) is 11.6 Å². The van der Waals surface area contributed by atoms with Gasteiger partial charge in [-0.1, -0.05) is 6.07 Å². The highest BCUT2D eigenvalue weighted by Crippen LogP contribution is 2.30. The summed E-state index contributed by atoms with van der Waals surface area (Å²) in [6.07, 6.45) is 1.24. The van der Waals surface area contributed by atoms with Crippen molar-refractivity contribution in [3.05, 3.63) is 78.1 Å². The first-order valence-electron chi connectivity index (χ1n) is 11.1. The fourth-order valence-corrected chi connectivity index (χ4v) is 3.02. The molecule has 0 fully saturated rings. The van der Waals surface area contributed by atoms with Crippen LogP contribution in [-0.2, 0) is 14.4 Å². The zero-order valence-electron chi connectivity index (χ0n) is 20.1. The molecule has 0 unspecified atom stereocenters. The summed E-state index contributed by atoms with van der Waals surface area (Å²) in [6.45, 7) is 2.09. The lowest BCUT2D eigenvalue weighted by molar-refractivity contribution is -0.136. The van der Waals surface area contributed by atoms with Crippen LogP contribution in [0.5, 0.6) is 17.2 Å². The summed E-state index contributed by atoms with van der Waals surface area (Å²) in [5.41, 5.74) is 3.30. The van der Waals surface area contributed by atoms with Crippen molar-refractivity contribution in [2.75, 3.05) is 31.0 Å². The number of halogens is 1. The molecule has 0 aliphatic carbocycles. The smallest absolute Gasteiger partial charge is 0.329 e. The number of anilines is 2. The van der Waals surface area contributed by atoms with E-state index in [2.05, 4.69) is 21.2 Å². The number of carbonyl (C=O) groups is 3. The van der Waals surface area contributed by atoms with Gasteiger partial charge in [0.15, 0.2) is 18.1 Å². The summed E-state index contributed by atoms with van der Waals surface area (Å²) in [5, 5.41) is 8.82. The maximum atomic E-state index is 13.0. The predicted octanol–water partition coefficient (Wildman–Crippen LogP) is 3.34. The molecule has 3 N–H and O–H groups in total. The van der Waals surface area contributed by atoms with E-state index in [0.717, 1.165) is 12.1 Å². The zero-order chi connectivity index (χ0) is 26.6. The largest absolute Gasteiger partial charge is 0.494 e. The molecule has 192 valence electrons. The predicted molar refractivity (Wildman–Crippen MR) is 135 cm³/mol. The average molecular weight is 509 g/mol. The number of rotatable bonds is 10.